The predicted octanol–water partition coefficient (Wildman–Crippen LogP) is 5.24. The molecular weight excluding hydrogens is 334 g/mol. The molecule has 2 heterocycles. The van der Waals surface area contributed by atoms with Crippen molar-refractivity contribution in [2.75, 3.05) is 0 Å². The number of benzene rings is 2. The van der Waals surface area contributed by atoms with Crippen molar-refractivity contribution in [3.63, 3.8) is 0 Å². The van der Waals surface area contributed by atoms with Crippen molar-refractivity contribution < 1.29 is 4.92 Å². The van der Waals surface area contributed by atoms with Crippen LogP contribution in [0, 0.1) is 17.0 Å². The van der Waals surface area contributed by atoms with Crippen LogP contribution in [-0.2, 0) is 0 Å². The van der Waals surface area contributed by atoms with Gasteiger partial charge in [0.1, 0.15) is 10.7 Å². The number of hydrogen-bond acceptors (Lipinski definition) is 5. The van der Waals surface area contributed by atoms with Gasteiger partial charge in [-0.1, -0.05) is 42.5 Å². The second-order valence-corrected chi connectivity index (χ2v) is 6.50. The van der Waals surface area contributed by atoms with E-state index in [1.54, 1.807) is 12.1 Å². The lowest BCUT2D eigenvalue weighted by Crippen LogP contribution is -1.94. The Hall–Kier alpha value is -3.12. The lowest BCUT2D eigenvalue weighted by Gasteiger charge is -2.06. The molecule has 6 heteroatoms. The number of nitrogens with zero attached hydrogens (tertiary/aromatic N) is 3. The summed E-state index contributed by atoms with van der Waals surface area (Å²) in [7, 11) is 0. The van der Waals surface area contributed by atoms with Crippen LogP contribution in [0.25, 0.3) is 32.7 Å². The van der Waals surface area contributed by atoms with E-state index >= 15 is 0 Å². The van der Waals surface area contributed by atoms with Crippen LogP contribution in [0.3, 0.4) is 0 Å². The molecular formula is C19H13N3O2S. The van der Waals surface area contributed by atoms with Crippen LogP contribution >= 0.6 is 11.3 Å². The first-order chi connectivity index (χ1) is 12.1. The van der Waals surface area contributed by atoms with Gasteiger partial charge in [0.2, 0.25) is 0 Å². The second-order valence-electron chi connectivity index (χ2n) is 5.65. The van der Waals surface area contributed by atoms with Crippen LogP contribution in [0.4, 0.5) is 5.69 Å². The van der Waals surface area contributed by atoms with Crippen LogP contribution in [-0.4, -0.2) is 14.9 Å². The molecule has 2 aromatic heterocycles. The molecule has 0 saturated heterocycles. The topological polar surface area (TPSA) is 68.9 Å². The van der Waals surface area contributed by atoms with Crippen molar-refractivity contribution >= 4 is 27.8 Å². The number of nitro benzene ring substituents is 1. The molecule has 0 bridgehead atoms. The summed E-state index contributed by atoms with van der Waals surface area (Å²) in [6.45, 7) is 1.84. The van der Waals surface area contributed by atoms with E-state index < -0.39 is 0 Å². The zero-order valence-corrected chi connectivity index (χ0v) is 14.2. The van der Waals surface area contributed by atoms with Gasteiger partial charge < -0.3 is 0 Å². The molecule has 122 valence electrons. The van der Waals surface area contributed by atoms with E-state index in [1.807, 2.05) is 48.7 Å². The third-order valence-electron chi connectivity index (χ3n) is 3.95. The van der Waals surface area contributed by atoms with E-state index in [0.29, 0.717) is 11.1 Å². The Labute approximate surface area is 147 Å². The van der Waals surface area contributed by atoms with E-state index in [0.717, 1.165) is 27.3 Å². The molecule has 0 saturated carbocycles. The molecule has 0 aliphatic carbocycles. The van der Waals surface area contributed by atoms with Gasteiger partial charge in [-0.3, -0.25) is 10.1 Å². The van der Waals surface area contributed by atoms with Gasteiger partial charge >= 0.3 is 0 Å². The average molecular weight is 347 g/mol. The van der Waals surface area contributed by atoms with Crippen LogP contribution in [0.15, 0.2) is 60.0 Å². The Bertz CT molecular complexity index is 1090. The van der Waals surface area contributed by atoms with Crippen LogP contribution in [0.1, 0.15) is 5.69 Å². The lowest BCUT2D eigenvalue weighted by molar-refractivity contribution is -0.383. The second kappa shape index (κ2) is 6.07. The molecule has 0 unspecified atom stereocenters. The standard InChI is InChI=1S/C19H13N3O2S/c1-12-10-15-14(8-5-9-17(15)22(23)24)18(20-12)19-21-16(11-25-19)13-6-3-2-4-7-13/h2-11H,1H3. The smallest absolute Gasteiger partial charge is 0.258 e. The molecule has 0 aliphatic rings. The minimum absolute atomic E-state index is 0.0871. The average Bonchev–Trinajstić information content (AvgIpc) is 3.11. The summed E-state index contributed by atoms with van der Waals surface area (Å²) in [6.07, 6.45) is 0. The Balaban J connectivity index is 1.92. The zero-order chi connectivity index (χ0) is 17.4. The summed E-state index contributed by atoms with van der Waals surface area (Å²) in [6, 6.07) is 16.7. The highest BCUT2D eigenvalue weighted by atomic mass is 32.1. The van der Waals surface area contributed by atoms with Crippen LogP contribution in [0.2, 0.25) is 0 Å². The Kier molecular flexibility index (Phi) is 3.74. The fourth-order valence-corrected chi connectivity index (χ4v) is 3.67. The van der Waals surface area contributed by atoms with Gasteiger partial charge in [0, 0.05) is 28.1 Å². The Morgan fingerprint density at radius 1 is 1.00 bits per heavy atom. The van der Waals surface area contributed by atoms with Crippen molar-refractivity contribution in [2.24, 2.45) is 0 Å². The maximum absolute atomic E-state index is 11.3. The van der Waals surface area contributed by atoms with Crippen molar-refractivity contribution in [3.8, 4) is 22.0 Å². The number of hydrogen-bond donors (Lipinski definition) is 0. The molecule has 0 amide bonds. The number of rotatable bonds is 3. The number of pyridine rings is 1. The first-order valence-electron chi connectivity index (χ1n) is 7.69. The number of nitro groups is 1. The van der Waals surface area contributed by atoms with Crippen LogP contribution < -0.4 is 0 Å². The summed E-state index contributed by atoms with van der Waals surface area (Å²) >= 11 is 1.49. The van der Waals surface area contributed by atoms with E-state index in [4.69, 9.17) is 4.98 Å². The molecule has 2 aromatic carbocycles. The maximum Gasteiger partial charge on any atom is 0.277 e. The third kappa shape index (κ3) is 2.77. The minimum atomic E-state index is -0.358. The van der Waals surface area contributed by atoms with E-state index in [-0.39, 0.29) is 10.6 Å². The zero-order valence-electron chi connectivity index (χ0n) is 13.3. The Morgan fingerprint density at radius 3 is 2.56 bits per heavy atom. The molecule has 4 rings (SSSR count). The first-order valence-corrected chi connectivity index (χ1v) is 8.57. The molecule has 0 aliphatic heterocycles. The summed E-state index contributed by atoms with van der Waals surface area (Å²) < 4.78 is 0. The molecule has 0 spiro atoms. The van der Waals surface area contributed by atoms with E-state index in [2.05, 4.69) is 4.98 Å². The molecule has 25 heavy (non-hydrogen) atoms. The fourth-order valence-electron chi connectivity index (χ4n) is 2.84. The van der Waals surface area contributed by atoms with Gasteiger partial charge in [0.15, 0.2) is 0 Å². The Morgan fingerprint density at radius 2 is 1.80 bits per heavy atom. The van der Waals surface area contributed by atoms with Crippen LogP contribution in [0.5, 0.6) is 0 Å². The van der Waals surface area contributed by atoms with E-state index in [9.17, 15) is 10.1 Å². The first kappa shape index (κ1) is 15.4. The highest BCUT2D eigenvalue weighted by Gasteiger charge is 2.17. The SMILES string of the molecule is Cc1cc2c([N+](=O)[O-])cccc2c(-c2nc(-c3ccccc3)cs2)n1. The van der Waals surface area contributed by atoms with Crippen molar-refractivity contribution in [3.05, 3.63) is 75.8 Å². The maximum atomic E-state index is 11.3. The van der Waals surface area contributed by atoms with Gasteiger partial charge in [-0.2, -0.15) is 0 Å². The normalized spacial score (nSPS) is 10.9. The number of aromatic nitrogens is 2. The number of fused-ring (bicyclic) bond motifs is 1. The van der Waals surface area contributed by atoms with Crippen molar-refractivity contribution in [2.45, 2.75) is 6.92 Å². The van der Waals surface area contributed by atoms with E-state index in [1.165, 1.54) is 17.4 Å². The highest BCUT2D eigenvalue weighted by molar-refractivity contribution is 7.13. The predicted molar refractivity (Wildman–Crippen MR) is 99.7 cm³/mol. The quantitative estimate of drug-likeness (QED) is 0.375. The highest BCUT2D eigenvalue weighted by Crippen LogP contribution is 2.35. The lowest BCUT2D eigenvalue weighted by atomic mass is 10.1. The van der Waals surface area contributed by atoms with Gasteiger partial charge in [-0.05, 0) is 13.0 Å². The number of thiazole rings is 1. The van der Waals surface area contributed by atoms with Crippen molar-refractivity contribution in [1.29, 1.82) is 0 Å². The minimum Gasteiger partial charge on any atom is -0.258 e. The molecule has 0 radical (unpaired) electrons. The van der Waals surface area contributed by atoms with Gasteiger partial charge in [-0.15, -0.1) is 11.3 Å². The summed E-state index contributed by atoms with van der Waals surface area (Å²) in [5.74, 6) is 0. The van der Waals surface area contributed by atoms with Gasteiger partial charge in [0.25, 0.3) is 5.69 Å². The molecule has 0 atom stereocenters. The molecule has 5 nitrogen and oxygen atoms in total. The van der Waals surface area contributed by atoms with Gasteiger partial charge in [-0.25, -0.2) is 9.97 Å². The summed E-state index contributed by atoms with van der Waals surface area (Å²) in [4.78, 5) is 20.3. The fraction of sp³-hybridized carbons (Fsp3) is 0.0526. The number of non-ortho nitro benzene ring substituents is 1. The molecule has 0 N–H and O–H groups in total. The molecule has 0 fully saturated rings. The van der Waals surface area contributed by atoms with Gasteiger partial charge in [0.05, 0.1) is 16.0 Å². The largest absolute Gasteiger partial charge is 0.277 e. The number of aryl methyl sites for hydroxylation is 1. The third-order valence-corrected chi connectivity index (χ3v) is 4.80. The van der Waals surface area contributed by atoms with Crippen molar-refractivity contribution in [1.82, 2.24) is 9.97 Å². The monoisotopic (exact) mass is 347 g/mol. The molecule has 4 aromatic rings. The summed E-state index contributed by atoms with van der Waals surface area (Å²) in [5.41, 5.74) is 3.42. The summed E-state index contributed by atoms with van der Waals surface area (Å²) in [5, 5.41) is 15.4.